The second kappa shape index (κ2) is 5.41. The maximum absolute atomic E-state index is 11.5. The first-order chi connectivity index (χ1) is 7.75. The van der Waals surface area contributed by atoms with Crippen molar-refractivity contribution >= 4 is 21.8 Å². The number of nitrogens with zero attached hydrogens (tertiary/aromatic N) is 1. The molecule has 2 N–H and O–H groups in total. The molecule has 0 spiro atoms. The van der Waals surface area contributed by atoms with Crippen molar-refractivity contribution in [1.29, 1.82) is 0 Å². The number of carbonyl (C=O) groups excluding carboxylic acids is 1. The molecule has 5 heteroatoms. The van der Waals surface area contributed by atoms with Gasteiger partial charge in [-0.15, -0.1) is 0 Å². The van der Waals surface area contributed by atoms with E-state index in [1.807, 2.05) is 18.2 Å². The highest BCUT2D eigenvalue weighted by Gasteiger charge is 2.20. The highest BCUT2D eigenvalue weighted by Crippen LogP contribution is 2.08. The molecule has 0 radical (unpaired) electrons. The average Bonchev–Trinajstić information content (AvgIpc) is 2.28. The summed E-state index contributed by atoms with van der Waals surface area (Å²) >= 11 is 3.32. The molecular formula is C11H14BrN3O. The summed E-state index contributed by atoms with van der Waals surface area (Å²) in [4.78, 5) is 15.8. The number of aromatic nitrogens is 1. The van der Waals surface area contributed by atoms with Gasteiger partial charge in [0.1, 0.15) is 4.60 Å². The lowest BCUT2D eigenvalue weighted by Gasteiger charge is -2.22. The predicted molar refractivity (Wildman–Crippen MR) is 64.8 cm³/mol. The van der Waals surface area contributed by atoms with Crippen LogP contribution in [0, 0.1) is 0 Å². The quantitative estimate of drug-likeness (QED) is 0.820. The fourth-order valence-corrected chi connectivity index (χ4v) is 2.12. The first-order valence-corrected chi connectivity index (χ1v) is 6.17. The Morgan fingerprint density at radius 2 is 2.44 bits per heavy atom. The minimum atomic E-state index is -0.0745. The van der Waals surface area contributed by atoms with Crippen molar-refractivity contribution in [1.82, 2.24) is 15.6 Å². The molecule has 86 valence electrons. The van der Waals surface area contributed by atoms with Crippen LogP contribution in [-0.2, 0) is 11.3 Å². The topological polar surface area (TPSA) is 54.0 Å². The number of rotatable bonds is 3. The Morgan fingerprint density at radius 1 is 1.56 bits per heavy atom. The molecule has 4 nitrogen and oxygen atoms in total. The van der Waals surface area contributed by atoms with Gasteiger partial charge in [-0.25, -0.2) is 4.98 Å². The van der Waals surface area contributed by atoms with Gasteiger partial charge in [0.05, 0.1) is 11.7 Å². The Morgan fingerprint density at radius 3 is 3.19 bits per heavy atom. The molecule has 2 rings (SSSR count). The third kappa shape index (κ3) is 3.02. The Kier molecular flexibility index (Phi) is 3.90. The SMILES string of the molecule is O=C1NCCCC1NCc1cccc(Br)n1. The molecule has 1 amide bonds. The van der Waals surface area contributed by atoms with Crippen LogP contribution < -0.4 is 10.6 Å². The number of piperidine rings is 1. The number of amides is 1. The minimum absolute atomic E-state index is 0.0745. The fraction of sp³-hybridized carbons (Fsp3) is 0.455. The van der Waals surface area contributed by atoms with Gasteiger partial charge in [0, 0.05) is 13.1 Å². The van der Waals surface area contributed by atoms with Crippen molar-refractivity contribution in [3.05, 3.63) is 28.5 Å². The van der Waals surface area contributed by atoms with Gasteiger partial charge in [0.25, 0.3) is 0 Å². The van der Waals surface area contributed by atoms with Crippen LogP contribution in [0.5, 0.6) is 0 Å². The van der Waals surface area contributed by atoms with Crippen molar-refractivity contribution in [2.75, 3.05) is 6.54 Å². The van der Waals surface area contributed by atoms with E-state index in [1.165, 1.54) is 0 Å². The molecule has 0 saturated carbocycles. The first kappa shape index (κ1) is 11.5. The molecule has 1 aromatic heterocycles. The van der Waals surface area contributed by atoms with E-state index in [-0.39, 0.29) is 11.9 Å². The molecule has 1 aromatic rings. The predicted octanol–water partition coefficient (Wildman–Crippen LogP) is 1.21. The maximum atomic E-state index is 11.5. The summed E-state index contributed by atoms with van der Waals surface area (Å²) in [5.74, 6) is 0.0984. The molecule has 1 fully saturated rings. The van der Waals surface area contributed by atoms with Crippen molar-refractivity contribution in [2.45, 2.75) is 25.4 Å². The summed E-state index contributed by atoms with van der Waals surface area (Å²) in [5.41, 5.74) is 0.938. The average molecular weight is 284 g/mol. The number of nitrogens with one attached hydrogen (secondary N) is 2. The molecule has 1 atom stereocenters. The zero-order valence-electron chi connectivity index (χ0n) is 8.87. The smallest absolute Gasteiger partial charge is 0.237 e. The van der Waals surface area contributed by atoms with Gasteiger partial charge in [-0.3, -0.25) is 4.79 Å². The Balaban J connectivity index is 1.89. The van der Waals surface area contributed by atoms with Gasteiger partial charge in [-0.05, 0) is 40.9 Å². The van der Waals surface area contributed by atoms with Crippen molar-refractivity contribution in [3.8, 4) is 0 Å². The lowest BCUT2D eigenvalue weighted by atomic mass is 10.1. The van der Waals surface area contributed by atoms with E-state index >= 15 is 0 Å². The molecule has 1 aliphatic heterocycles. The van der Waals surface area contributed by atoms with E-state index in [0.29, 0.717) is 6.54 Å². The van der Waals surface area contributed by atoms with Crippen LogP contribution in [0.25, 0.3) is 0 Å². The third-order valence-corrected chi connectivity index (χ3v) is 3.03. The van der Waals surface area contributed by atoms with Crippen molar-refractivity contribution in [2.24, 2.45) is 0 Å². The number of halogens is 1. The normalized spacial score (nSPS) is 20.6. The van der Waals surface area contributed by atoms with Gasteiger partial charge in [-0.1, -0.05) is 6.07 Å². The minimum Gasteiger partial charge on any atom is -0.355 e. The van der Waals surface area contributed by atoms with Crippen molar-refractivity contribution < 1.29 is 4.79 Å². The van der Waals surface area contributed by atoms with Crippen LogP contribution in [0.15, 0.2) is 22.8 Å². The Labute approximate surface area is 103 Å². The van der Waals surface area contributed by atoms with Crippen LogP contribution in [0.2, 0.25) is 0 Å². The van der Waals surface area contributed by atoms with E-state index in [4.69, 9.17) is 0 Å². The van der Waals surface area contributed by atoms with Crippen LogP contribution in [0.4, 0.5) is 0 Å². The molecule has 2 heterocycles. The summed E-state index contributed by atoms with van der Waals surface area (Å²) in [6, 6.07) is 5.69. The van der Waals surface area contributed by atoms with Crippen LogP contribution >= 0.6 is 15.9 Å². The second-order valence-electron chi connectivity index (χ2n) is 3.82. The summed E-state index contributed by atoms with van der Waals surface area (Å²) in [5, 5.41) is 6.07. The van der Waals surface area contributed by atoms with Crippen molar-refractivity contribution in [3.63, 3.8) is 0 Å². The van der Waals surface area contributed by atoms with Crippen LogP contribution in [0.1, 0.15) is 18.5 Å². The summed E-state index contributed by atoms with van der Waals surface area (Å²) in [6.45, 7) is 1.42. The van der Waals surface area contributed by atoms with Crippen LogP contribution in [-0.4, -0.2) is 23.5 Å². The van der Waals surface area contributed by atoms with E-state index in [0.717, 1.165) is 29.7 Å². The fourth-order valence-electron chi connectivity index (χ4n) is 1.74. The van der Waals surface area contributed by atoms with Gasteiger partial charge in [0.2, 0.25) is 5.91 Å². The van der Waals surface area contributed by atoms with Gasteiger partial charge in [0.15, 0.2) is 0 Å². The molecule has 0 aliphatic carbocycles. The number of carbonyl (C=O) groups is 1. The van der Waals surface area contributed by atoms with E-state index < -0.39 is 0 Å². The monoisotopic (exact) mass is 283 g/mol. The molecule has 0 bridgehead atoms. The van der Waals surface area contributed by atoms with Gasteiger partial charge >= 0.3 is 0 Å². The summed E-state index contributed by atoms with van der Waals surface area (Å²) in [6.07, 6.45) is 1.94. The lowest BCUT2D eigenvalue weighted by molar-refractivity contribution is -0.124. The molecule has 1 aliphatic rings. The number of pyridine rings is 1. The summed E-state index contributed by atoms with van der Waals surface area (Å²) < 4.78 is 0.819. The summed E-state index contributed by atoms with van der Waals surface area (Å²) in [7, 11) is 0. The molecule has 1 unspecified atom stereocenters. The Hall–Kier alpha value is -0.940. The number of hydrogen-bond acceptors (Lipinski definition) is 3. The van der Waals surface area contributed by atoms with Gasteiger partial charge < -0.3 is 10.6 Å². The first-order valence-electron chi connectivity index (χ1n) is 5.38. The standard InChI is InChI=1S/C11H14BrN3O/c12-10-5-1-3-8(15-10)7-14-9-4-2-6-13-11(9)16/h1,3,5,9,14H,2,4,6-7H2,(H,13,16). The second-order valence-corrected chi connectivity index (χ2v) is 4.63. The molecule has 1 saturated heterocycles. The number of hydrogen-bond donors (Lipinski definition) is 2. The molecule has 0 aromatic carbocycles. The van der Waals surface area contributed by atoms with E-state index in [9.17, 15) is 4.79 Å². The third-order valence-electron chi connectivity index (χ3n) is 2.59. The zero-order valence-corrected chi connectivity index (χ0v) is 10.5. The van der Waals surface area contributed by atoms with E-state index in [2.05, 4.69) is 31.5 Å². The zero-order chi connectivity index (χ0) is 11.4. The largest absolute Gasteiger partial charge is 0.355 e. The van der Waals surface area contributed by atoms with Gasteiger partial charge in [-0.2, -0.15) is 0 Å². The Bertz CT molecular complexity index is 383. The maximum Gasteiger partial charge on any atom is 0.237 e. The molecule has 16 heavy (non-hydrogen) atoms. The van der Waals surface area contributed by atoms with Crippen LogP contribution in [0.3, 0.4) is 0 Å². The lowest BCUT2D eigenvalue weighted by Crippen LogP contribution is -2.47. The highest BCUT2D eigenvalue weighted by molar-refractivity contribution is 9.10. The molecular weight excluding hydrogens is 270 g/mol. The van der Waals surface area contributed by atoms with E-state index in [1.54, 1.807) is 0 Å². The highest BCUT2D eigenvalue weighted by atomic mass is 79.9.